The Kier molecular flexibility index (Phi) is 3.29. The number of carboxylic acids is 1. The molecule has 0 heterocycles. The van der Waals surface area contributed by atoms with Crippen LogP contribution >= 0.6 is 0 Å². The number of rotatable bonds is 3. The first-order chi connectivity index (χ1) is 7.39. The maximum Gasteiger partial charge on any atom is 0.337 e. The highest BCUT2D eigenvalue weighted by Gasteiger charge is 2.30. The molecular formula is C11H13NO4. The molecule has 0 aliphatic heterocycles. The molecule has 5 nitrogen and oxygen atoms in total. The molecule has 1 atom stereocenters. The van der Waals surface area contributed by atoms with Crippen molar-refractivity contribution >= 4 is 11.9 Å². The molecule has 1 rings (SSSR count). The predicted octanol–water partition coefficient (Wildman–Crippen LogP) is 0.732. The second-order valence-corrected chi connectivity index (χ2v) is 3.58. The Balaban J connectivity index is 3.17. The monoisotopic (exact) mass is 223 g/mol. The van der Waals surface area contributed by atoms with E-state index in [1.54, 1.807) is 12.1 Å². The summed E-state index contributed by atoms with van der Waals surface area (Å²) in [6, 6.07) is 6.07. The molecule has 0 aliphatic rings. The number of ether oxygens (including phenoxy) is 1. The van der Waals surface area contributed by atoms with Gasteiger partial charge >= 0.3 is 11.9 Å². The number of nitrogens with two attached hydrogens (primary N) is 1. The number of hydrogen-bond donors (Lipinski definition) is 2. The van der Waals surface area contributed by atoms with Crippen LogP contribution in [0.5, 0.6) is 0 Å². The molecule has 0 saturated heterocycles. The zero-order valence-corrected chi connectivity index (χ0v) is 9.06. The van der Waals surface area contributed by atoms with Crippen molar-refractivity contribution in [1.82, 2.24) is 0 Å². The van der Waals surface area contributed by atoms with E-state index in [1.807, 2.05) is 0 Å². The average molecular weight is 223 g/mol. The summed E-state index contributed by atoms with van der Waals surface area (Å²) in [5, 5.41) is 8.94. The minimum absolute atomic E-state index is 0.276. The molecule has 0 unspecified atom stereocenters. The molecule has 16 heavy (non-hydrogen) atoms. The van der Waals surface area contributed by atoms with Crippen LogP contribution in [0.25, 0.3) is 0 Å². The highest BCUT2D eigenvalue weighted by atomic mass is 16.5. The Hall–Kier alpha value is -1.88. The van der Waals surface area contributed by atoms with Gasteiger partial charge < -0.3 is 15.6 Å². The minimum atomic E-state index is -1.52. The van der Waals surface area contributed by atoms with Crippen LogP contribution in [0.1, 0.15) is 22.8 Å². The van der Waals surface area contributed by atoms with Crippen molar-refractivity contribution in [3.05, 3.63) is 35.4 Å². The van der Waals surface area contributed by atoms with Gasteiger partial charge in [0.15, 0.2) is 0 Å². The second-order valence-electron chi connectivity index (χ2n) is 3.58. The molecule has 0 bridgehead atoms. The van der Waals surface area contributed by atoms with E-state index in [1.165, 1.54) is 26.2 Å². The van der Waals surface area contributed by atoms with Crippen molar-refractivity contribution in [2.45, 2.75) is 12.5 Å². The normalized spacial score (nSPS) is 13.9. The van der Waals surface area contributed by atoms with Crippen LogP contribution in [0, 0.1) is 0 Å². The van der Waals surface area contributed by atoms with Gasteiger partial charge in [-0.3, -0.25) is 0 Å². The van der Waals surface area contributed by atoms with E-state index in [0.29, 0.717) is 5.56 Å². The van der Waals surface area contributed by atoms with Gasteiger partial charge in [-0.25, -0.2) is 9.59 Å². The van der Waals surface area contributed by atoms with Crippen molar-refractivity contribution in [2.75, 3.05) is 7.11 Å². The summed E-state index contributed by atoms with van der Waals surface area (Å²) < 4.78 is 4.54. The van der Waals surface area contributed by atoms with Crippen molar-refractivity contribution in [3.63, 3.8) is 0 Å². The molecule has 0 fully saturated rings. The zero-order valence-electron chi connectivity index (χ0n) is 9.06. The van der Waals surface area contributed by atoms with Crippen LogP contribution in [0.3, 0.4) is 0 Å². The van der Waals surface area contributed by atoms with Crippen LogP contribution < -0.4 is 5.73 Å². The Labute approximate surface area is 92.8 Å². The summed E-state index contributed by atoms with van der Waals surface area (Å²) in [6.45, 7) is 1.37. The lowest BCUT2D eigenvalue weighted by Gasteiger charge is -2.19. The molecule has 1 aromatic carbocycles. The number of methoxy groups -OCH3 is 1. The van der Waals surface area contributed by atoms with Crippen LogP contribution in [-0.4, -0.2) is 24.2 Å². The largest absolute Gasteiger partial charge is 0.480 e. The molecule has 0 saturated carbocycles. The summed E-state index contributed by atoms with van der Waals surface area (Å²) in [6.07, 6.45) is 0. The smallest absolute Gasteiger partial charge is 0.337 e. The predicted molar refractivity (Wildman–Crippen MR) is 57.0 cm³/mol. The van der Waals surface area contributed by atoms with Gasteiger partial charge in [-0.15, -0.1) is 0 Å². The molecule has 3 N–H and O–H groups in total. The third-order valence-corrected chi connectivity index (χ3v) is 2.33. The van der Waals surface area contributed by atoms with E-state index >= 15 is 0 Å². The fraction of sp³-hybridized carbons (Fsp3) is 0.273. The number of esters is 1. The molecule has 0 spiro atoms. The number of carbonyl (C=O) groups is 2. The Morgan fingerprint density at radius 1 is 1.44 bits per heavy atom. The van der Waals surface area contributed by atoms with Gasteiger partial charge in [0.2, 0.25) is 0 Å². The summed E-state index contributed by atoms with van der Waals surface area (Å²) in [5.41, 5.74) is 4.74. The number of carboxylic acid groups (broad SMARTS) is 1. The molecule has 5 heteroatoms. The van der Waals surface area contributed by atoms with Crippen LogP contribution in [0.4, 0.5) is 0 Å². The fourth-order valence-electron chi connectivity index (χ4n) is 1.21. The van der Waals surface area contributed by atoms with E-state index < -0.39 is 17.5 Å². The van der Waals surface area contributed by atoms with Crippen LogP contribution in [0.2, 0.25) is 0 Å². The first kappa shape index (κ1) is 12.2. The van der Waals surface area contributed by atoms with Gasteiger partial charge in [0.05, 0.1) is 12.7 Å². The van der Waals surface area contributed by atoms with E-state index in [2.05, 4.69) is 4.74 Å². The minimum Gasteiger partial charge on any atom is -0.480 e. The Morgan fingerprint density at radius 2 is 2.06 bits per heavy atom. The summed E-state index contributed by atoms with van der Waals surface area (Å²) in [7, 11) is 1.26. The van der Waals surface area contributed by atoms with Crippen molar-refractivity contribution < 1.29 is 19.4 Å². The summed E-state index contributed by atoms with van der Waals surface area (Å²) >= 11 is 0. The number of benzene rings is 1. The second kappa shape index (κ2) is 4.32. The third kappa shape index (κ3) is 2.20. The highest BCUT2D eigenvalue weighted by molar-refractivity contribution is 5.90. The van der Waals surface area contributed by atoms with E-state index in [0.717, 1.165) is 0 Å². The standard InChI is InChI=1S/C11H13NO4/c1-11(12,10(14)15)8-5-3-4-7(6-8)9(13)16-2/h3-6H,12H2,1-2H3,(H,14,15)/t11-/m0/s1. The first-order valence-electron chi connectivity index (χ1n) is 4.60. The van der Waals surface area contributed by atoms with Gasteiger partial charge in [0.1, 0.15) is 5.54 Å². The number of hydrogen-bond acceptors (Lipinski definition) is 4. The lowest BCUT2D eigenvalue weighted by molar-refractivity contribution is -0.143. The van der Waals surface area contributed by atoms with Gasteiger partial charge in [0, 0.05) is 0 Å². The SMILES string of the molecule is COC(=O)c1cccc([C@](C)(N)C(=O)O)c1. The maximum atomic E-state index is 11.3. The molecule has 0 amide bonds. The highest BCUT2D eigenvalue weighted by Crippen LogP contribution is 2.19. The number of aliphatic carboxylic acids is 1. The van der Waals surface area contributed by atoms with Crippen molar-refractivity contribution in [2.24, 2.45) is 5.73 Å². The third-order valence-electron chi connectivity index (χ3n) is 2.33. The zero-order chi connectivity index (χ0) is 12.3. The van der Waals surface area contributed by atoms with E-state index in [4.69, 9.17) is 10.8 Å². The summed E-state index contributed by atoms with van der Waals surface area (Å²) in [4.78, 5) is 22.2. The van der Waals surface area contributed by atoms with Crippen molar-refractivity contribution in [1.29, 1.82) is 0 Å². The molecule has 0 aliphatic carbocycles. The van der Waals surface area contributed by atoms with Gasteiger partial charge in [-0.1, -0.05) is 12.1 Å². The topological polar surface area (TPSA) is 89.6 Å². The van der Waals surface area contributed by atoms with E-state index in [-0.39, 0.29) is 5.56 Å². The van der Waals surface area contributed by atoms with Crippen molar-refractivity contribution in [3.8, 4) is 0 Å². The summed E-state index contributed by atoms with van der Waals surface area (Å²) in [5.74, 6) is -1.68. The van der Waals surface area contributed by atoms with Gasteiger partial charge in [-0.05, 0) is 24.6 Å². The Morgan fingerprint density at radius 3 is 2.56 bits per heavy atom. The van der Waals surface area contributed by atoms with Crippen LogP contribution in [0.15, 0.2) is 24.3 Å². The average Bonchev–Trinajstić information content (AvgIpc) is 2.28. The lowest BCUT2D eigenvalue weighted by atomic mass is 9.92. The quantitative estimate of drug-likeness (QED) is 0.737. The van der Waals surface area contributed by atoms with Crippen LogP contribution in [-0.2, 0) is 15.1 Å². The molecule has 0 aromatic heterocycles. The van der Waals surface area contributed by atoms with Gasteiger partial charge in [-0.2, -0.15) is 0 Å². The Bertz CT molecular complexity index is 426. The number of carbonyl (C=O) groups excluding carboxylic acids is 1. The fourth-order valence-corrected chi connectivity index (χ4v) is 1.21. The van der Waals surface area contributed by atoms with Gasteiger partial charge in [0.25, 0.3) is 0 Å². The molecule has 1 aromatic rings. The van der Waals surface area contributed by atoms with E-state index in [9.17, 15) is 9.59 Å². The molecule has 0 radical (unpaired) electrons. The maximum absolute atomic E-state index is 11.3. The first-order valence-corrected chi connectivity index (χ1v) is 4.60. The lowest BCUT2D eigenvalue weighted by Crippen LogP contribution is -2.41. The molecular weight excluding hydrogens is 210 g/mol. The molecule has 86 valence electrons.